The number of hydrogen-bond donors (Lipinski definition) is 2. The van der Waals surface area contributed by atoms with E-state index in [9.17, 15) is 9.90 Å². The van der Waals surface area contributed by atoms with Crippen molar-refractivity contribution in [1.82, 2.24) is 0 Å². The molecule has 1 unspecified atom stereocenters. The average molecular weight is 335 g/mol. The average Bonchev–Trinajstić information content (AvgIpc) is 3.10. The van der Waals surface area contributed by atoms with E-state index < -0.39 is 0 Å². The van der Waals surface area contributed by atoms with E-state index in [4.69, 9.17) is 9.47 Å². The summed E-state index contributed by atoms with van der Waals surface area (Å²) in [5, 5.41) is 12.5. The molecule has 2 aromatic carbocycles. The molecule has 25 heavy (non-hydrogen) atoms. The summed E-state index contributed by atoms with van der Waals surface area (Å²) in [6, 6.07) is 13.1. The number of ether oxygens (including phenoxy) is 2. The highest BCUT2D eigenvalue weighted by Gasteiger charge is 2.36. The van der Waals surface area contributed by atoms with Crippen LogP contribution in [0.4, 0.5) is 5.69 Å². The summed E-state index contributed by atoms with van der Waals surface area (Å²) in [5.41, 5.74) is 3.76. The Morgan fingerprint density at radius 1 is 1.28 bits per heavy atom. The van der Waals surface area contributed by atoms with E-state index in [1.165, 1.54) is 0 Å². The molecule has 4 rings (SSSR count). The third-order valence-corrected chi connectivity index (χ3v) is 4.43. The predicted molar refractivity (Wildman–Crippen MR) is 95.1 cm³/mol. The number of aliphatic hydroxyl groups excluding tert-OH is 1. The lowest BCUT2D eigenvalue weighted by atomic mass is 9.97. The smallest absolute Gasteiger partial charge is 0.260 e. The molecule has 0 fully saturated rings. The Hall–Kier alpha value is -3.21. The van der Waals surface area contributed by atoms with Crippen molar-refractivity contribution in [1.29, 1.82) is 0 Å². The summed E-state index contributed by atoms with van der Waals surface area (Å²) >= 11 is 0. The molecule has 2 aliphatic heterocycles. The lowest BCUT2D eigenvalue weighted by molar-refractivity contribution is -0.110. The van der Waals surface area contributed by atoms with Gasteiger partial charge >= 0.3 is 0 Å². The molecule has 0 radical (unpaired) electrons. The van der Waals surface area contributed by atoms with Gasteiger partial charge in [0.25, 0.3) is 5.91 Å². The van der Waals surface area contributed by atoms with Crippen molar-refractivity contribution >= 4 is 22.9 Å². The number of hydrogen-bond acceptors (Lipinski definition) is 4. The van der Waals surface area contributed by atoms with Crippen molar-refractivity contribution < 1.29 is 19.4 Å². The number of aliphatic hydroxyl groups is 1. The molecule has 0 saturated carbocycles. The van der Waals surface area contributed by atoms with E-state index in [-0.39, 0.29) is 24.2 Å². The van der Waals surface area contributed by atoms with Crippen molar-refractivity contribution in [2.24, 2.45) is 0 Å². The Bertz CT molecular complexity index is 929. The molecule has 0 spiro atoms. The van der Waals surface area contributed by atoms with Crippen molar-refractivity contribution in [3.05, 3.63) is 71.5 Å². The zero-order valence-corrected chi connectivity index (χ0v) is 13.7. The summed E-state index contributed by atoms with van der Waals surface area (Å²) in [5.74, 6) is 1.01. The van der Waals surface area contributed by atoms with Gasteiger partial charge in [0, 0.05) is 28.8 Å². The number of anilines is 1. The Balaban J connectivity index is 1.92. The van der Waals surface area contributed by atoms with Crippen LogP contribution < -0.4 is 10.1 Å². The van der Waals surface area contributed by atoms with Crippen LogP contribution in [0.5, 0.6) is 5.75 Å². The number of fused-ring (bicyclic) bond motifs is 2. The van der Waals surface area contributed by atoms with Crippen LogP contribution in [0.1, 0.15) is 29.2 Å². The van der Waals surface area contributed by atoms with Crippen molar-refractivity contribution in [2.75, 3.05) is 12.4 Å². The monoisotopic (exact) mass is 335 g/mol. The maximum absolute atomic E-state index is 12.6. The quantitative estimate of drug-likeness (QED) is 0.656. The van der Waals surface area contributed by atoms with Gasteiger partial charge < -0.3 is 19.9 Å². The van der Waals surface area contributed by atoms with Crippen LogP contribution >= 0.6 is 0 Å². The van der Waals surface area contributed by atoms with E-state index >= 15 is 0 Å². The van der Waals surface area contributed by atoms with Crippen molar-refractivity contribution in [3.8, 4) is 5.75 Å². The topological polar surface area (TPSA) is 67.8 Å². The molecular formula is C20H17NO4. The highest BCUT2D eigenvalue weighted by atomic mass is 16.5. The van der Waals surface area contributed by atoms with Crippen LogP contribution in [0.2, 0.25) is 0 Å². The van der Waals surface area contributed by atoms with Gasteiger partial charge in [-0.2, -0.15) is 0 Å². The van der Waals surface area contributed by atoms with Crippen LogP contribution in [0.25, 0.3) is 11.3 Å². The molecule has 1 atom stereocenters. The number of rotatable bonds is 3. The number of carbonyl (C=O) groups excluding carboxylic acids is 1. The van der Waals surface area contributed by atoms with Crippen LogP contribution in [-0.4, -0.2) is 18.1 Å². The highest BCUT2D eigenvalue weighted by molar-refractivity contribution is 6.36. The van der Waals surface area contributed by atoms with Gasteiger partial charge in [-0.3, -0.25) is 4.79 Å². The fourth-order valence-corrected chi connectivity index (χ4v) is 3.31. The maximum atomic E-state index is 12.6. The summed E-state index contributed by atoms with van der Waals surface area (Å²) in [7, 11) is 1.59. The normalized spacial score (nSPS) is 20.5. The third kappa shape index (κ3) is 2.45. The second kappa shape index (κ2) is 5.70. The van der Waals surface area contributed by atoms with Crippen LogP contribution in [0.3, 0.4) is 0 Å². The summed E-state index contributed by atoms with van der Waals surface area (Å²) in [4.78, 5) is 12.6. The number of amides is 1. The Labute approximate surface area is 145 Å². The first kappa shape index (κ1) is 15.3. The summed E-state index contributed by atoms with van der Waals surface area (Å²) in [6.07, 6.45) is -0.124. The molecule has 0 saturated heterocycles. The molecule has 2 aliphatic rings. The number of nitrogens with one attached hydrogen (secondary N) is 1. The minimum Gasteiger partial charge on any atom is -0.513 e. The molecule has 5 nitrogen and oxygen atoms in total. The molecule has 2 aromatic rings. The van der Waals surface area contributed by atoms with Crippen LogP contribution in [-0.2, 0) is 9.53 Å². The van der Waals surface area contributed by atoms with E-state index in [1.807, 2.05) is 42.5 Å². The summed E-state index contributed by atoms with van der Waals surface area (Å²) < 4.78 is 11.4. The standard InChI is InChI=1S/C20H17NO4/c1-11(22)9-17-13-8-7-12(24-2)10-15(13)19(25-17)18-14-5-3-4-6-16(14)21-20(18)23/h3-8,10,17,22H,1,9H2,2H3,(H,21,23)/b19-18+. The van der Waals surface area contributed by atoms with E-state index in [0.717, 1.165) is 22.4 Å². The SMILES string of the molecule is C=C(O)CC1O/C(=C2/C(=O)Nc3ccccc32)c2cc(OC)ccc21. The predicted octanol–water partition coefficient (Wildman–Crippen LogP) is 4.05. The van der Waals surface area contributed by atoms with Crippen molar-refractivity contribution in [3.63, 3.8) is 0 Å². The van der Waals surface area contributed by atoms with Gasteiger partial charge in [-0.05, 0) is 18.2 Å². The van der Waals surface area contributed by atoms with E-state index in [2.05, 4.69) is 11.9 Å². The van der Waals surface area contributed by atoms with Gasteiger partial charge in [0.15, 0.2) is 0 Å². The van der Waals surface area contributed by atoms with Gasteiger partial charge in [0.2, 0.25) is 0 Å². The van der Waals surface area contributed by atoms with Gasteiger partial charge in [-0.1, -0.05) is 30.8 Å². The van der Waals surface area contributed by atoms with E-state index in [0.29, 0.717) is 17.1 Å². The van der Waals surface area contributed by atoms with Gasteiger partial charge in [0.1, 0.15) is 17.6 Å². The van der Waals surface area contributed by atoms with Gasteiger partial charge in [0.05, 0.1) is 18.4 Å². The number of methoxy groups -OCH3 is 1. The Morgan fingerprint density at radius 2 is 2.08 bits per heavy atom. The Morgan fingerprint density at radius 3 is 2.84 bits per heavy atom. The summed E-state index contributed by atoms with van der Waals surface area (Å²) in [6.45, 7) is 3.55. The number of para-hydroxylation sites is 1. The molecule has 2 heterocycles. The molecule has 126 valence electrons. The molecule has 1 amide bonds. The largest absolute Gasteiger partial charge is 0.513 e. The zero-order valence-electron chi connectivity index (χ0n) is 13.7. The Kier molecular flexibility index (Phi) is 3.50. The lowest BCUT2D eigenvalue weighted by Crippen LogP contribution is -2.06. The highest BCUT2D eigenvalue weighted by Crippen LogP contribution is 2.47. The molecular weight excluding hydrogens is 318 g/mol. The number of carbonyl (C=O) groups is 1. The minimum absolute atomic E-state index is 0.0364. The fraction of sp³-hybridized carbons (Fsp3) is 0.150. The second-order valence-electron chi connectivity index (χ2n) is 6.03. The maximum Gasteiger partial charge on any atom is 0.260 e. The molecule has 0 aliphatic carbocycles. The first-order valence-electron chi connectivity index (χ1n) is 7.95. The molecule has 2 N–H and O–H groups in total. The molecule has 0 aromatic heterocycles. The van der Waals surface area contributed by atoms with Gasteiger partial charge in [-0.15, -0.1) is 0 Å². The third-order valence-electron chi connectivity index (χ3n) is 4.43. The second-order valence-corrected chi connectivity index (χ2v) is 6.03. The first-order chi connectivity index (χ1) is 12.1. The van der Waals surface area contributed by atoms with Gasteiger partial charge in [-0.25, -0.2) is 0 Å². The lowest BCUT2D eigenvalue weighted by Gasteiger charge is -2.11. The first-order valence-corrected chi connectivity index (χ1v) is 7.95. The van der Waals surface area contributed by atoms with Crippen LogP contribution in [0.15, 0.2) is 54.8 Å². The van der Waals surface area contributed by atoms with Crippen LogP contribution in [0, 0.1) is 0 Å². The molecule has 0 bridgehead atoms. The van der Waals surface area contributed by atoms with Crippen molar-refractivity contribution in [2.45, 2.75) is 12.5 Å². The minimum atomic E-state index is -0.388. The number of benzene rings is 2. The molecule has 5 heteroatoms. The fourth-order valence-electron chi connectivity index (χ4n) is 3.31. The zero-order chi connectivity index (χ0) is 17.6. The van der Waals surface area contributed by atoms with E-state index in [1.54, 1.807) is 7.11 Å².